The highest BCUT2D eigenvalue weighted by molar-refractivity contribution is 6.51. The van der Waals surface area contributed by atoms with E-state index in [2.05, 4.69) is 4.98 Å². The molecule has 34 heavy (non-hydrogen) atoms. The van der Waals surface area contributed by atoms with Crippen LogP contribution in [-0.4, -0.2) is 21.8 Å². The van der Waals surface area contributed by atoms with E-state index in [1.807, 2.05) is 32.9 Å². The number of carbonyl (C=O) groups is 2. The number of Topliss-reactive ketones (excluding diaryl/α,β-unsaturated/α-hetero) is 1. The van der Waals surface area contributed by atoms with Crippen molar-refractivity contribution in [1.82, 2.24) is 4.98 Å². The Balaban J connectivity index is 2.00. The smallest absolute Gasteiger partial charge is 0.300 e. The quantitative estimate of drug-likeness (QED) is 0.313. The fourth-order valence-corrected chi connectivity index (χ4v) is 4.09. The highest BCUT2D eigenvalue weighted by Crippen LogP contribution is 2.43. The van der Waals surface area contributed by atoms with Crippen LogP contribution in [0, 0.1) is 18.6 Å². The monoisotopic (exact) mass is 462 g/mol. The van der Waals surface area contributed by atoms with Crippen molar-refractivity contribution in [3.63, 3.8) is 0 Å². The van der Waals surface area contributed by atoms with Crippen LogP contribution in [0.4, 0.5) is 14.5 Å². The molecular weight excluding hydrogens is 438 g/mol. The molecule has 1 aliphatic heterocycles. The normalized spacial score (nSPS) is 17.9. The number of pyridine rings is 1. The third-order valence-corrected chi connectivity index (χ3v) is 5.97. The second-order valence-electron chi connectivity index (χ2n) is 9.33. The zero-order valence-electron chi connectivity index (χ0n) is 19.3. The summed E-state index contributed by atoms with van der Waals surface area (Å²) in [7, 11) is 0. The molecule has 0 saturated carbocycles. The van der Waals surface area contributed by atoms with Gasteiger partial charge in [-0.15, -0.1) is 0 Å². The fraction of sp³-hybridized carbons (Fsp3) is 0.222. The van der Waals surface area contributed by atoms with Crippen molar-refractivity contribution < 1.29 is 23.5 Å². The summed E-state index contributed by atoms with van der Waals surface area (Å²) in [4.78, 5) is 31.3. The molecule has 1 unspecified atom stereocenters. The first-order chi connectivity index (χ1) is 16.0. The molecule has 4 rings (SSSR count). The van der Waals surface area contributed by atoms with Crippen LogP contribution in [0.2, 0.25) is 0 Å². The van der Waals surface area contributed by atoms with Gasteiger partial charge in [-0.3, -0.25) is 19.5 Å². The van der Waals surface area contributed by atoms with Gasteiger partial charge in [-0.1, -0.05) is 39.0 Å². The molecule has 5 nitrogen and oxygen atoms in total. The van der Waals surface area contributed by atoms with Crippen molar-refractivity contribution in [3.05, 3.63) is 100 Å². The van der Waals surface area contributed by atoms with E-state index < -0.39 is 35.1 Å². The van der Waals surface area contributed by atoms with Crippen LogP contribution < -0.4 is 4.90 Å². The van der Waals surface area contributed by atoms with Crippen LogP contribution in [0.1, 0.15) is 49.1 Å². The van der Waals surface area contributed by atoms with Crippen molar-refractivity contribution in [2.24, 2.45) is 0 Å². The second kappa shape index (κ2) is 8.48. The molecule has 1 fully saturated rings. The molecule has 1 N–H and O–H groups in total. The molecule has 1 atom stereocenters. The SMILES string of the molecule is Cc1ccc(C(C)(C)C)cc1/C(O)=C1\C(=O)C(=O)N(c2cc(F)ccc2F)C1c1cccnc1. The summed E-state index contributed by atoms with van der Waals surface area (Å²) in [6, 6.07) is 10.2. The van der Waals surface area contributed by atoms with Crippen LogP contribution in [0.25, 0.3) is 5.76 Å². The van der Waals surface area contributed by atoms with Gasteiger partial charge in [-0.2, -0.15) is 0 Å². The number of amides is 1. The number of anilines is 1. The van der Waals surface area contributed by atoms with E-state index in [-0.39, 0.29) is 16.7 Å². The number of rotatable bonds is 3. The zero-order valence-corrected chi connectivity index (χ0v) is 19.3. The van der Waals surface area contributed by atoms with E-state index >= 15 is 0 Å². The Kier molecular flexibility index (Phi) is 5.81. The van der Waals surface area contributed by atoms with E-state index in [4.69, 9.17) is 0 Å². The van der Waals surface area contributed by atoms with Crippen molar-refractivity contribution in [3.8, 4) is 0 Å². The minimum Gasteiger partial charge on any atom is -0.507 e. The van der Waals surface area contributed by atoms with Gasteiger partial charge in [0.1, 0.15) is 17.4 Å². The number of aryl methyl sites for hydroxylation is 1. The number of aliphatic hydroxyl groups is 1. The molecule has 174 valence electrons. The van der Waals surface area contributed by atoms with Crippen LogP contribution >= 0.6 is 0 Å². The molecule has 3 aromatic rings. The topological polar surface area (TPSA) is 70.5 Å². The molecule has 1 aromatic heterocycles. The molecule has 1 aliphatic rings. The molecule has 7 heteroatoms. The summed E-state index contributed by atoms with van der Waals surface area (Å²) < 4.78 is 28.8. The third kappa shape index (κ3) is 3.98. The second-order valence-corrected chi connectivity index (χ2v) is 9.33. The number of aromatic nitrogens is 1. The minimum atomic E-state index is -1.19. The van der Waals surface area contributed by atoms with Crippen molar-refractivity contribution >= 4 is 23.1 Å². The maximum atomic E-state index is 14.7. The number of halogens is 2. The first kappa shape index (κ1) is 23.3. The summed E-state index contributed by atoms with van der Waals surface area (Å²) in [5, 5.41) is 11.4. The Morgan fingerprint density at radius 3 is 2.44 bits per heavy atom. The molecule has 0 radical (unpaired) electrons. The molecule has 2 aromatic carbocycles. The Bertz CT molecular complexity index is 1330. The summed E-state index contributed by atoms with van der Waals surface area (Å²) in [5.41, 5.74) is 1.53. The summed E-state index contributed by atoms with van der Waals surface area (Å²) >= 11 is 0. The lowest BCUT2D eigenvalue weighted by Gasteiger charge is -2.26. The lowest BCUT2D eigenvalue weighted by molar-refractivity contribution is -0.132. The van der Waals surface area contributed by atoms with Crippen LogP contribution in [0.5, 0.6) is 0 Å². The van der Waals surface area contributed by atoms with Crippen molar-refractivity contribution in [2.45, 2.75) is 39.2 Å². The van der Waals surface area contributed by atoms with E-state index in [0.717, 1.165) is 28.7 Å². The molecule has 0 spiro atoms. The highest BCUT2D eigenvalue weighted by atomic mass is 19.1. The number of hydrogen-bond acceptors (Lipinski definition) is 4. The number of benzene rings is 2. The number of nitrogens with zero attached hydrogens (tertiary/aromatic N) is 2. The number of hydrogen-bond donors (Lipinski definition) is 1. The van der Waals surface area contributed by atoms with E-state index in [1.54, 1.807) is 25.1 Å². The molecule has 1 saturated heterocycles. The van der Waals surface area contributed by atoms with E-state index in [0.29, 0.717) is 16.7 Å². The van der Waals surface area contributed by atoms with Gasteiger partial charge in [0.05, 0.1) is 17.3 Å². The average Bonchev–Trinajstić information content (AvgIpc) is 3.05. The first-order valence-electron chi connectivity index (χ1n) is 10.8. The maximum Gasteiger partial charge on any atom is 0.300 e. The number of aliphatic hydroxyl groups excluding tert-OH is 1. The number of ketones is 1. The Morgan fingerprint density at radius 2 is 1.79 bits per heavy atom. The van der Waals surface area contributed by atoms with Crippen LogP contribution in [0.15, 0.2) is 66.5 Å². The molecule has 1 amide bonds. The molecular formula is C27H24F2N2O3. The summed E-state index contributed by atoms with van der Waals surface area (Å²) in [6.45, 7) is 7.83. The molecule has 0 aliphatic carbocycles. The standard InChI is InChI=1S/C27H24F2N2O3/c1-15-7-8-17(27(2,3)4)12-19(15)24(32)22-23(16-6-5-11-30-14-16)31(26(34)25(22)33)21-13-18(28)9-10-20(21)29/h5-14,23,32H,1-4H3/b24-22+. The van der Waals surface area contributed by atoms with Crippen molar-refractivity contribution in [2.75, 3.05) is 4.90 Å². The number of carbonyl (C=O) groups excluding carboxylic acids is 2. The Labute approximate surface area is 196 Å². The van der Waals surface area contributed by atoms with Crippen molar-refractivity contribution in [1.29, 1.82) is 0 Å². The fourth-order valence-electron chi connectivity index (χ4n) is 4.09. The highest BCUT2D eigenvalue weighted by Gasteiger charge is 2.48. The van der Waals surface area contributed by atoms with Gasteiger partial charge in [0.25, 0.3) is 11.7 Å². The van der Waals surface area contributed by atoms with Crippen LogP contribution in [0.3, 0.4) is 0 Å². The van der Waals surface area contributed by atoms with Gasteiger partial charge < -0.3 is 5.11 Å². The predicted molar refractivity (Wildman–Crippen MR) is 125 cm³/mol. The van der Waals surface area contributed by atoms with Gasteiger partial charge in [0, 0.05) is 24.0 Å². The molecule has 2 heterocycles. The van der Waals surface area contributed by atoms with E-state index in [9.17, 15) is 23.5 Å². The molecule has 0 bridgehead atoms. The largest absolute Gasteiger partial charge is 0.507 e. The average molecular weight is 462 g/mol. The Hall–Kier alpha value is -3.87. The van der Waals surface area contributed by atoms with Gasteiger partial charge >= 0.3 is 0 Å². The van der Waals surface area contributed by atoms with E-state index in [1.165, 1.54) is 12.4 Å². The Morgan fingerprint density at radius 1 is 1.06 bits per heavy atom. The zero-order chi connectivity index (χ0) is 24.8. The maximum absolute atomic E-state index is 14.7. The van der Waals surface area contributed by atoms with Gasteiger partial charge in [0.15, 0.2) is 0 Å². The minimum absolute atomic E-state index is 0.212. The first-order valence-corrected chi connectivity index (χ1v) is 10.8. The predicted octanol–water partition coefficient (Wildman–Crippen LogP) is 5.59. The van der Waals surface area contributed by atoms with Crippen LogP contribution in [-0.2, 0) is 15.0 Å². The lowest BCUT2D eigenvalue weighted by atomic mass is 9.84. The lowest BCUT2D eigenvalue weighted by Crippen LogP contribution is -2.30. The summed E-state index contributed by atoms with van der Waals surface area (Å²) in [5.74, 6) is -4.07. The third-order valence-electron chi connectivity index (χ3n) is 5.97. The van der Waals surface area contributed by atoms with Gasteiger partial charge in [-0.05, 0) is 53.3 Å². The summed E-state index contributed by atoms with van der Waals surface area (Å²) in [6.07, 6.45) is 2.93. The van der Waals surface area contributed by atoms with Gasteiger partial charge in [-0.25, -0.2) is 8.78 Å². The van der Waals surface area contributed by atoms with Gasteiger partial charge in [0.2, 0.25) is 0 Å².